The topological polar surface area (TPSA) is 21.3 Å². The highest BCUT2D eigenvalue weighted by Crippen LogP contribution is 2.21. The molecule has 0 saturated heterocycles. The Morgan fingerprint density at radius 2 is 1.95 bits per heavy atom. The fourth-order valence-electron chi connectivity index (χ4n) is 1.67. The first-order valence-corrected chi connectivity index (χ1v) is 7.62. The number of nitrogens with one attached hydrogen (secondary N) is 1. The SMILES string of the molecule is Cc1cc(OCCNc2cccc(Br)c2)ccc1Br. The Morgan fingerprint density at radius 1 is 1.11 bits per heavy atom. The van der Waals surface area contributed by atoms with Gasteiger partial charge in [-0.05, 0) is 48.9 Å². The fraction of sp³-hybridized carbons (Fsp3) is 0.200. The van der Waals surface area contributed by atoms with Gasteiger partial charge in [0.2, 0.25) is 0 Å². The van der Waals surface area contributed by atoms with Crippen LogP contribution in [0, 0.1) is 6.92 Å². The van der Waals surface area contributed by atoms with Gasteiger partial charge in [-0.25, -0.2) is 0 Å². The minimum Gasteiger partial charge on any atom is -0.492 e. The number of halogens is 2. The molecule has 0 fully saturated rings. The van der Waals surface area contributed by atoms with Crippen LogP contribution in [0.25, 0.3) is 0 Å². The van der Waals surface area contributed by atoms with Crippen LogP contribution in [0.15, 0.2) is 51.4 Å². The molecule has 2 aromatic rings. The Morgan fingerprint density at radius 3 is 2.68 bits per heavy atom. The van der Waals surface area contributed by atoms with Crippen molar-refractivity contribution < 1.29 is 4.74 Å². The molecule has 0 aliphatic heterocycles. The lowest BCUT2D eigenvalue weighted by Crippen LogP contribution is -2.11. The summed E-state index contributed by atoms with van der Waals surface area (Å²) in [5, 5.41) is 3.32. The molecule has 19 heavy (non-hydrogen) atoms. The lowest BCUT2D eigenvalue weighted by molar-refractivity contribution is 0.332. The Labute approximate surface area is 130 Å². The molecule has 2 rings (SSSR count). The standard InChI is InChI=1S/C15H15Br2NO/c1-11-9-14(5-6-15(11)17)19-8-7-18-13-4-2-3-12(16)10-13/h2-6,9-10,18H,7-8H2,1H3. The third-order valence-corrected chi connectivity index (χ3v) is 4.04. The van der Waals surface area contributed by atoms with Gasteiger partial charge in [0.15, 0.2) is 0 Å². The molecule has 0 bridgehead atoms. The van der Waals surface area contributed by atoms with Gasteiger partial charge < -0.3 is 10.1 Å². The molecule has 0 saturated carbocycles. The Balaban J connectivity index is 1.79. The van der Waals surface area contributed by atoms with E-state index in [-0.39, 0.29) is 0 Å². The monoisotopic (exact) mass is 383 g/mol. The van der Waals surface area contributed by atoms with Crippen molar-refractivity contribution in [2.75, 3.05) is 18.5 Å². The molecule has 1 N–H and O–H groups in total. The normalized spacial score (nSPS) is 10.3. The van der Waals surface area contributed by atoms with E-state index in [1.165, 1.54) is 5.56 Å². The number of benzene rings is 2. The smallest absolute Gasteiger partial charge is 0.119 e. The average molecular weight is 385 g/mol. The number of aryl methyl sites for hydroxylation is 1. The van der Waals surface area contributed by atoms with Crippen molar-refractivity contribution in [3.8, 4) is 5.75 Å². The fourth-order valence-corrected chi connectivity index (χ4v) is 2.32. The first kappa shape index (κ1) is 14.4. The summed E-state index contributed by atoms with van der Waals surface area (Å²) in [6, 6.07) is 14.1. The van der Waals surface area contributed by atoms with Gasteiger partial charge in [0.05, 0.1) is 0 Å². The molecule has 0 aromatic heterocycles. The number of hydrogen-bond acceptors (Lipinski definition) is 2. The predicted molar refractivity (Wildman–Crippen MR) is 87.0 cm³/mol. The van der Waals surface area contributed by atoms with Crippen molar-refractivity contribution in [2.24, 2.45) is 0 Å². The molecule has 100 valence electrons. The van der Waals surface area contributed by atoms with Crippen molar-refractivity contribution in [1.82, 2.24) is 0 Å². The van der Waals surface area contributed by atoms with E-state index in [0.717, 1.165) is 26.9 Å². The van der Waals surface area contributed by atoms with E-state index < -0.39 is 0 Å². The zero-order chi connectivity index (χ0) is 13.7. The summed E-state index contributed by atoms with van der Waals surface area (Å²) in [6.45, 7) is 3.45. The van der Waals surface area contributed by atoms with E-state index >= 15 is 0 Å². The maximum atomic E-state index is 5.70. The van der Waals surface area contributed by atoms with E-state index in [0.29, 0.717) is 6.61 Å². The molecule has 2 nitrogen and oxygen atoms in total. The summed E-state index contributed by atoms with van der Waals surface area (Å²) >= 11 is 6.92. The molecular weight excluding hydrogens is 370 g/mol. The van der Waals surface area contributed by atoms with Gasteiger partial charge in [-0.1, -0.05) is 37.9 Å². The summed E-state index contributed by atoms with van der Waals surface area (Å²) in [6.07, 6.45) is 0. The summed E-state index contributed by atoms with van der Waals surface area (Å²) < 4.78 is 7.87. The zero-order valence-electron chi connectivity index (χ0n) is 10.6. The molecule has 0 unspecified atom stereocenters. The van der Waals surface area contributed by atoms with E-state index in [4.69, 9.17) is 4.74 Å². The third kappa shape index (κ3) is 4.55. The maximum Gasteiger partial charge on any atom is 0.119 e. The molecule has 4 heteroatoms. The Kier molecular flexibility index (Phi) is 5.28. The van der Waals surface area contributed by atoms with Crippen LogP contribution in [0.4, 0.5) is 5.69 Å². The van der Waals surface area contributed by atoms with Gasteiger partial charge in [-0.2, -0.15) is 0 Å². The molecule has 0 aliphatic carbocycles. The van der Waals surface area contributed by atoms with E-state index in [9.17, 15) is 0 Å². The summed E-state index contributed by atoms with van der Waals surface area (Å²) in [5.41, 5.74) is 2.27. The number of rotatable bonds is 5. The van der Waals surface area contributed by atoms with Crippen LogP contribution in [0.5, 0.6) is 5.75 Å². The Hall–Kier alpha value is -1.000. The highest BCUT2D eigenvalue weighted by atomic mass is 79.9. The molecule has 0 amide bonds. The molecule has 2 aromatic carbocycles. The van der Waals surface area contributed by atoms with Crippen molar-refractivity contribution in [2.45, 2.75) is 6.92 Å². The second kappa shape index (κ2) is 6.96. The number of anilines is 1. The zero-order valence-corrected chi connectivity index (χ0v) is 13.8. The highest BCUT2D eigenvalue weighted by molar-refractivity contribution is 9.10. The van der Waals surface area contributed by atoms with Crippen molar-refractivity contribution >= 4 is 37.5 Å². The molecule has 0 radical (unpaired) electrons. The van der Waals surface area contributed by atoms with Crippen LogP contribution in [-0.4, -0.2) is 13.2 Å². The van der Waals surface area contributed by atoms with Crippen molar-refractivity contribution in [3.63, 3.8) is 0 Å². The highest BCUT2D eigenvalue weighted by Gasteiger charge is 1.98. The van der Waals surface area contributed by atoms with Crippen LogP contribution in [0.3, 0.4) is 0 Å². The summed E-state index contributed by atoms with van der Waals surface area (Å²) in [4.78, 5) is 0. The van der Waals surface area contributed by atoms with Crippen molar-refractivity contribution in [1.29, 1.82) is 0 Å². The van der Waals surface area contributed by atoms with Crippen LogP contribution in [0.1, 0.15) is 5.56 Å². The molecule has 0 heterocycles. The van der Waals surface area contributed by atoms with Crippen LogP contribution < -0.4 is 10.1 Å². The Bertz CT molecular complexity index is 558. The average Bonchev–Trinajstić information content (AvgIpc) is 2.39. The molecule has 0 spiro atoms. The largest absolute Gasteiger partial charge is 0.492 e. The van der Waals surface area contributed by atoms with Crippen molar-refractivity contribution in [3.05, 3.63) is 57.0 Å². The van der Waals surface area contributed by atoms with Crippen LogP contribution >= 0.6 is 31.9 Å². The van der Waals surface area contributed by atoms with Gasteiger partial charge in [0, 0.05) is 21.2 Å². The molecule has 0 aliphatic rings. The van der Waals surface area contributed by atoms with Gasteiger partial charge in [-0.3, -0.25) is 0 Å². The minimum absolute atomic E-state index is 0.633. The first-order valence-electron chi connectivity index (χ1n) is 6.03. The van der Waals surface area contributed by atoms with Gasteiger partial charge in [0.1, 0.15) is 12.4 Å². The third-order valence-electron chi connectivity index (χ3n) is 2.65. The van der Waals surface area contributed by atoms with Gasteiger partial charge in [-0.15, -0.1) is 0 Å². The van der Waals surface area contributed by atoms with E-state index in [1.54, 1.807) is 0 Å². The lowest BCUT2D eigenvalue weighted by Gasteiger charge is -2.10. The minimum atomic E-state index is 0.633. The van der Waals surface area contributed by atoms with Crippen LogP contribution in [-0.2, 0) is 0 Å². The molecule has 0 atom stereocenters. The molecular formula is C15H15Br2NO. The van der Waals surface area contributed by atoms with E-state index in [2.05, 4.69) is 44.1 Å². The first-order chi connectivity index (χ1) is 9.15. The number of hydrogen-bond donors (Lipinski definition) is 1. The van der Waals surface area contributed by atoms with Gasteiger partial charge in [0.25, 0.3) is 0 Å². The second-order valence-electron chi connectivity index (χ2n) is 4.20. The number of ether oxygens (including phenoxy) is 1. The summed E-state index contributed by atoms with van der Waals surface area (Å²) in [7, 11) is 0. The van der Waals surface area contributed by atoms with E-state index in [1.807, 2.05) is 42.5 Å². The maximum absolute atomic E-state index is 5.70. The predicted octanol–water partition coefficient (Wildman–Crippen LogP) is 5.01. The quantitative estimate of drug-likeness (QED) is 0.731. The van der Waals surface area contributed by atoms with Gasteiger partial charge >= 0.3 is 0 Å². The van der Waals surface area contributed by atoms with Crippen LogP contribution in [0.2, 0.25) is 0 Å². The lowest BCUT2D eigenvalue weighted by atomic mass is 10.2. The summed E-state index contributed by atoms with van der Waals surface area (Å²) in [5.74, 6) is 0.900. The second-order valence-corrected chi connectivity index (χ2v) is 5.97.